The maximum Gasteiger partial charge on any atom is 0.0748 e. The number of nitrogens with zero attached hydrogens (tertiary/aromatic N) is 3. The lowest BCUT2D eigenvalue weighted by Gasteiger charge is -2.27. The number of rotatable bonds is 4. The summed E-state index contributed by atoms with van der Waals surface area (Å²) in [5.41, 5.74) is 5.74. The first-order valence-corrected chi connectivity index (χ1v) is 8.65. The molecule has 2 aromatic heterocycles. The van der Waals surface area contributed by atoms with Crippen LogP contribution in [0.4, 0.5) is 0 Å². The Morgan fingerprint density at radius 1 is 0.880 bits per heavy atom. The van der Waals surface area contributed by atoms with Gasteiger partial charge in [-0.3, -0.25) is 14.9 Å². The fourth-order valence-corrected chi connectivity index (χ4v) is 3.19. The predicted molar refractivity (Wildman–Crippen MR) is 99.0 cm³/mol. The molecule has 1 fully saturated rings. The van der Waals surface area contributed by atoms with Crippen molar-refractivity contribution in [3.05, 3.63) is 72.7 Å². The van der Waals surface area contributed by atoms with E-state index >= 15 is 0 Å². The summed E-state index contributed by atoms with van der Waals surface area (Å²) < 4.78 is 5.48. The van der Waals surface area contributed by atoms with Crippen LogP contribution in [0.3, 0.4) is 0 Å². The smallest absolute Gasteiger partial charge is 0.0748 e. The van der Waals surface area contributed by atoms with E-state index in [4.69, 9.17) is 9.72 Å². The van der Waals surface area contributed by atoms with Gasteiger partial charge in [-0.1, -0.05) is 30.3 Å². The minimum Gasteiger partial charge on any atom is -0.379 e. The number of aromatic nitrogens is 2. The normalized spacial score (nSPS) is 15.2. The Kier molecular flexibility index (Phi) is 4.81. The largest absolute Gasteiger partial charge is 0.379 e. The third-order valence-electron chi connectivity index (χ3n) is 4.53. The van der Waals surface area contributed by atoms with Crippen molar-refractivity contribution in [3.63, 3.8) is 0 Å². The van der Waals surface area contributed by atoms with Crippen molar-refractivity contribution in [1.29, 1.82) is 0 Å². The van der Waals surface area contributed by atoms with Crippen LogP contribution in [0.5, 0.6) is 0 Å². The minimum atomic E-state index is 0.802. The van der Waals surface area contributed by atoms with Crippen LogP contribution in [0.1, 0.15) is 5.56 Å². The SMILES string of the molecule is c1ccc(-c2cnc(-c3ccncc3)c(CN3CCOCC3)c2)cc1. The van der Waals surface area contributed by atoms with E-state index in [0.29, 0.717) is 0 Å². The number of ether oxygens (including phenoxy) is 1. The molecule has 0 bridgehead atoms. The van der Waals surface area contributed by atoms with Crippen LogP contribution in [0.2, 0.25) is 0 Å². The van der Waals surface area contributed by atoms with Gasteiger partial charge in [-0.05, 0) is 29.3 Å². The van der Waals surface area contributed by atoms with Crippen molar-refractivity contribution >= 4 is 0 Å². The minimum absolute atomic E-state index is 0.802. The van der Waals surface area contributed by atoms with Crippen molar-refractivity contribution in [2.45, 2.75) is 6.54 Å². The Morgan fingerprint density at radius 3 is 2.40 bits per heavy atom. The third-order valence-corrected chi connectivity index (χ3v) is 4.53. The van der Waals surface area contributed by atoms with Crippen LogP contribution in [-0.2, 0) is 11.3 Å². The average molecular weight is 331 g/mol. The molecule has 0 spiro atoms. The monoisotopic (exact) mass is 331 g/mol. The Balaban J connectivity index is 1.73. The predicted octanol–water partition coefficient (Wildman–Crippen LogP) is 3.64. The average Bonchev–Trinajstić information content (AvgIpc) is 2.70. The molecule has 0 atom stereocenters. The van der Waals surface area contributed by atoms with E-state index < -0.39 is 0 Å². The maximum absolute atomic E-state index is 5.48. The first kappa shape index (κ1) is 15.9. The molecule has 4 heteroatoms. The van der Waals surface area contributed by atoms with Crippen molar-refractivity contribution in [2.24, 2.45) is 0 Å². The zero-order chi connectivity index (χ0) is 16.9. The standard InChI is InChI=1S/C21H21N3O/c1-2-4-17(5-3-1)19-14-20(16-24-10-12-25-13-11-24)21(23-15-19)18-6-8-22-9-7-18/h1-9,14-15H,10-13,16H2. The maximum atomic E-state index is 5.48. The van der Waals surface area contributed by atoms with E-state index in [9.17, 15) is 0 Å². The van der Waals surface area contributed by atoms with Crippen LogP contribution in [0.25, 0.3) is 22.4 Å². The quantitative estimate of drug-likeness (QED) is 0.731. The second-order valence-electron chi connectivity index (χ2n) is 6.22. The van der Waals surface area contributed by atoms with Gasteiger partial charge < -0.3 is 4.74 Å². The molecule has 126 valence electrons. The van der Waals surface area contributed by atoms with E-state index in [1.165, 1.54) is 11.1 Å². The zero-order valence-corrected chi connectivity index (χ0v) is 14.1. The highest BCUT2D eigenvalue weighted by Gasteiger charge is 2.15. The van der Waals surface area contributed by atoms with E-state index in [0.717, 1.165) is 49.7 Å². The molecular weight excluding hydrogens is 310 g/mol. The topological polar surface area (TPSA) is 38.2 Å². The van der Waals surface area contributed by atoms with Gasteiger partial charge >= 0.3 is 0 Å². The molecule has 1 aliphatic rings. The molecule has 4 rings (SSSR count). The first-order valence-electron chi connectivity index (χ1n) is 8.65. The highest BCUT2D eigenvalue weighted by Crippen LogP contribution is 2.27. The van der Waals surface area contributed by atoms with Gasteiger partial charge in [-0.2, -0.15) is 0 Å². The number of hydrogen-bond donors (Lipinski definition) is 0. The van der Waals surface area contributed by atoms with Gasteiger partial charge in [0, 0.05) is 49.4 Å². The van der Waals surface area contributed by atoms with Gasteiger partial charge in [0.2, 0.25) is 0 Å². The first-order chi connectivity index (χ1) is 12.4. The molecule has 1 aliphatic heterocycles. The van der Waals surface area contributed by atoms with Crippen LogP contribution in [0, 0.1) is 0 Å². The van der Waals surface area contributed by atoms with Crippen LogP contribution >= 0.6 is 0 Å². The molecule has 0 amide bonds. The molecule has 25 heavy (non-hydrogen) atoms. The fourth-order valence-electron chi connectivity index (χ4n) is 3.19. The molecule has 0 aliphatic carbocycles. The molecule has 1 saturated heterocycles. The Labute approximate surface area is 148 Å². The van der Waals surface area contributed by atoms with Gasteiger partial charge in [-0.25, -0.2) is 0 Å². The summed E-state index contributed by atoms with van der Waals surface area (Å²) in [4.78, 5) is 11.4. The van der Waals surface area contributed by atoms with Crippen LogP contribution in [0.15, 0.2) is 67.1 Å². The van der Waals surface area contributed by atoms with Gasteiger partial charge in [0.05, 0.1) is 18.9 Å². The second kappa shape index (κ2) is 7.55. The zero-order valence-electron chi connectivity index (χ0n) is 14.1. The summed E-state index contributed by atoms with van der Waals surface area (Å²) in [7, 11) is 0. The summed E-state index contributed by atoms with van der Waals surface area (Å²) >= 11 is 0. The summed E-state index contributed by atoms with van der Waals surface area (Å²) in [6.07, 6.45) is 5.61. The number of morpholine rings is 1. The highest BCUT2D eigenvalue weighted by atomic mass is 16.5. The summed E-state index contributed by atoms with van der Waals surface area (Å²) in [6.45, 7) is 4.41. The summed E-state index contributed by atoms with van der Waals surface area (Å²) in [6, 6.07) is 16.7. The van der Waals surface area contributed by atoms with Crippen molar-refractivity contribution in [3.8, 4) is 22.4 Å². The molecule has 3 heterocycles. The molecule has 0 radical (unpaired) electrons. The van der Waals surface area contributed by atoms with Crippen LogP contribution in [-0.4, -0.2) is 41.2 Å². The lowest BCUT2D eigenvalue weighted by Crippen LogP contribution is -2.35. The number of pyridine rings is 2. The molecule has 0 saturated carbocycles. The van der Waals surface area contributed by atoms with Gasteiger partial charge in [-0.15, -0.1) is 0 Å². The second-order valence-corrected chi connectivity index (χ2v) is 6.22. The van der Waals surface area contributed by atoms with Gasteiger partial charge in [0.15, 0.2) is 0 Å². The molecular formula is C21H21N3O. The van der Waals surface area contributed by atoms with Crippen LogP contribution < -0.4 is 0 Å². The van der Waals surface area contributed by atoms with Crippen molar-refractivity contribution in [1.82, 2.24) is 14.9 Å². The van der Waals surface area contributed by atoms with Gasteiger partial charge in [0.25, 0.3) is 0 Å². The Hall–Kier alpha value is -2.56. The lowest BCUT2D eigenvalue weighted by molar-refractivity contribution is 0.0342. The number of benzene rings is 1. The number of hydrogen-bond acceptors (Lipinski definition) is 4. The van der Waals surface area contributed by atoms with E-state index in [-0.39, 0.29) is 0 Å². The van der Waals surface area contributed by atoms with E-state index in [2.05, 4.69) is 40.2 Å². The molecule has 4 nitrogen and oxygen atoms in total. The molecule has 3 aromatic rings. The summed E-state index contributed by atoms with van der Waals surface area (Å²) in [5, 5.41) is 0. The van der Waals surface area contributed by atoms with E-state index in [1.54, 1.807) is 0 Å². The van der Waals surface area contributed by atoms with Crippen molar-refractivity contribution in [2.75, 3.05) is 26.3 Å². The third kappa shape index (κ3) is 3.76. The van der Waals surface area contributed by atoms with Gasteiger partial charge in [0.1, 0.15) is 0 Å². The van der Waals surface area contributed by atoms with E-state index in [1.807, 2.05) is 36.8 Å². The molecule has 1 aromatic carbocycles. The Bertz CT molecular complexity index is 815. The molecule has 0 N–H and O–H groups in total. The lowest BCUT2D eigenvalue weighted by atomic mass is 10.0. The fraction of sp³-hybridized carbons (Fsp3) is 0.238. The Morgan fingerprint density at radius 2 is 1.64 bits per heavy atom. The molecule has 0 unspecified atom stereocenters. The highest BCUT2D eigenvalue weighted by molar-refractivity contribution is 5.69. The summed E-state index contributed by atoms with van der Waals surface area (Å²) in [5.74, 6) is 0. The van der Waals surface area contributed by atoms with Crippen molar-refractivity contribution < 1.29 is 4.74 Å².